The Balaban J connectivity index is 1.62. The molecule has 3 rings (SSSR count). The molecule has 1 aromatic carbocycles. The highest BCUT2D eigenvalue weighted by molar-refractivity contribution is 6.39. The Kier molecular flexibility index (Phi) is 4.99. The molecule has 8 nitrogen and oxygen atoms in total. The summed E-state index contributed by atoms with van der Waals surface area (Å²) in [7, 11) is 3.85. The number of aromatic nitrogens is 1. The highest BCUT2D eigenvalue weighted by Crippen LogP contribution is 2.29. The number of hydrogen-bond acceptors (Lipinski definition) is 6. The van der Waals surface area contributed by atoms with Crippen LogP contribution in [-0.2, 0) is 16.0 Å². The van der Waals surface area contributed by atoms with Gasteiger partial charge < -0.3 is 19.5 Å². The molecule has 2 amide bonds. The van der Waals surface area contributed by atoms with Gasteiger partial charge in [-0.1, -0.05) is 17.3 Å². The van der Waals surface area contributed by atoms with E-state index in [0.29, 0.717) is 13.2 Å². The topological polar surface area (TPSA) is 96.7 Å². The zero-order chi connectivity index (χ0) is 17.8. The summed E-state index contributed by atoms with van der Waals surface area (Å²) in [5.41, 5.74) is 2.23. The van der Waals surface area contributed by atoms with E-state index in [4.69, 9.17) is 4.74 Å². The van der Waals surface area contributed by atoms with Crippen LogP contribution in [0, 0.1) is 0 Å². The molecular weight excluding hydrogens is 324 g/mol. The van der Waals surface area contributed by atoms with Gasteiger partial charge in [-0.25, -0.2) is 0 Å². The van der Waals surface area contributed by atoms with Crippen LogP contribution in [0.15, 0.2) is 35.1 Å². The van der Waals surface area contributed by atoms with E-state index in [1.165, 1.54) is 17.9 Å². The third-order valence-corrected chi connectivity index (χ3v) is 4.06. The smallest absolute Gasteiger partial charge is 0.314 e. The number of carbonyl (C=O) groups is 2. The van der Waals surface area contributed by atoms with Crippen molar-refractivity contribution in [1.29, 1.82) is 0 Å². The first kappa shape index (κ1) is 17.0. The maximum atomic E-state index is 12.0. The second kappa shape index (κ2) is 7.35. The summed E-state index contributed by atoms with van der Waals surface area (Å²) in [6.07, 6.45) is 2.20. The molecule has 1 aliphatic heterocycles. The third-order valence-electron chi connectivity index (χ3n) is 4.06. The minimum Gasteiger partial charge on any atom is -0.493 e. The summed E-state index contributed by atoms with van der Waals surface area (Å²) in [5, 5.41) is 8.56. The van der Waals surface area contributed by atoms with Gasteiger partial charge in [-0.3, -0.25) is 14.9 Å². The van der Waals surface area contributed by atoms with Gasteiger partial charge in [0.15, 0.2) is 5.82 Å². The number of likely N-dealkylation sites (N-methyl/N-ethyl adjacent to an activating group) is 1. The fraction of sp³-hybridized carbons (Fsp3) is 0.353. The van der Waals surface area contributed by atoms with E-state index in [9.17, 15) is 9.59 Å². The van der Waals surface area contributed by atoms with Gasteiger partial charge in [0.05, 0.1) is 12.6 Å². The number of benzene rings is 1. The van der Waals surface area contributed by atoms with Gasteiger partial charge in [0, 0.05) is 19.0 Å². The van der Waals surface area contributed by atoms with Crippen LogP contribution in [0.5, 0.6) is 5.75 Å². The number of amides is 2. The molecule has 0 unspecified atom stereocenters. The zero-order valence-corrected chi connectivity index (χ0v) is 14.1. The van der Waals surface area contributed by atoms with Gasteiger partial charge in [-0.2, -0.15) is 0 Å². The van der Waals surface area contributed by atoms with Crippen molar-refractivity contribution in [3.63, 3.8) is 0 Å². The Bertz CT molecular complexity index is 758. The average molecular weight is 344 g/mol. The van der Waals surface area contributed by atoms with Crippen LogP contribution < -0.4 is 15.4 Å². The summed E-state index contributed by atoms with van der Waals surface area (Å²) < 4.78 is 10.1. The number of ether oxygens (including phenoxy) is 1. The molecule has 0 fully saturated rings. The van der Waals surface area contributed by atoms with Crippen molar-refractivity contribution in [2.75, 3.05) is 32.6 Å². The monoisotopic (exact) mass is 344 g/mol. The fourth-order valence-corrected chi connectivity index (χ4v) is 2.73. The maximum Gasteiger partial charge on any atom is 0.314 e. The molecule has 25 heavy (non-hydrogen) atoms. The largest absolute Gasteiger partial charge is 0.493 e. The highest BCUT2D eigenvalue weighted by Gasteiger charge is 2.21. The Morgan fingerprint density at radius 1 is 1.28 bits per heavy atom. The lowest BCUT2D eigenvalue weighted by Gasteiger charge is -2.25. The summed E-state index contributed by atoms with van der Waals surface area (Å²) >= 11 is 0. The third kappa shape index (κ3) is 3.97. The van der Waals surface area contributed by atoms with E-state index >= 15 is 0 Å². The molecule has 2 heterocycles. The first-order valence-electron chi connectivity index (χ1n) is 7.96. The molecule has 2 N–H and O–H groups in total. The maximum absolute atomic E-state index is 12.0. The SMILES string of the molecule is CN(C)[C@H](CNC(=O)C(=O)Nc1ccon1)c1ccc2c(c1)CCO2. The average Bonchev–Trinajstić information content (AvgIpc) is 3.25. The van der Waals surface area contributed by atoms with Gasteiger partial charge in [0.2, 0.25) is 0 Å². The molecule has 1 aliphatic rings. The van der Waals surface area contributed by atoms with Crippen molar-refractivity contribution in [2.45, 2.75) is 12.5 Å². The molecule has 1 aromatic heterocycles. The molecular formula is C17H20N4O4. The lowest BCUT2D eigenvalue weighted by Crippen LogP contribution is -2.40. The van der Waals surface area contributed by atoms with Gasteiger partial charge in [-0.15, -0.1) is 0 Å². The molecule has 0 saturated carbocycles. The van der Waals surface area contributed by atoms with Crippen molar-refractivity contribution >= 4 is 17.6 Å². The van der Waals surface area contributed by atoms with Crippen molar-refractivity contribution in [2.24, 2.45) is 0 Å². The minimum atomic E-state index is -0.784. The number of rotatable bonds is 5. The van der Waals surface area contributed by atoms with Gasteiger partial charge >= 0.3 is 11.8 Å². The summed E-state index contributed by atoms with van der Waals surface area (Å²) in [6.45, 7) is 1.00. The van der Waals surface area contributed by atoms with Crippen LogP contribution in [-0.4, -0.2) is 49.1 Å². The predicted octanol–water partition coefficient (Wildman–Crippen LogP) is 0.967. The second-order valence-electron chi connectivity index (χ2n) is 5.99. The van der Waals surface area contributed by atoms with Crippen LogP contribution in [0.4, 0.5) is 5.82 Å². The predicted molar refractivity (Wildman–Crippen MR) is 90.2 cm³/mol. The number of fused-ring (bicyclic) bond motifs is 1. The van der Waals surface area contributed by atoms with Crippen LogP contribution in [0.3, 0.4) is 0 Å². The van der Waals surface area contributed by atoms with Crippen LogP contribution in [0.25, 0.3) is 0 Å². The lowest BCUT2D eigenvalue weighted by atomic mass is 10.0. The molecule has 0 spiro atoms. The van der Waals surface area contributed by atoms with Gasteiger partial charge in [0.1, 0.15) is 12.0 Å². The normalized spacial score (nSPS) is 13.9. The first-order valence-corrected chi connectivity index (χ1v) is 7.96. The number of anilines is 1. The van der Waals surface area contributed by atoms with E-state index in [1.807, 2.05) is 31.1 Å². The first-order chi connectivity index (χ1) is 12.0. The summed E-state index contributed by atoms with van der Waals surface area (Å²) in [4.78, 5) is 25.8. The second-order valence-corrected chi connectivity index (χ2v) is 5.99. The Hall–Kier alpha value is -2.87. The van der Waals surface area contributed by atoms with Crippen molar-refractivity contribution < 1.29 is 18.8 Å². The Labute approximate surface area is 145 Å². The number of carbonyl (C=O) groups excluding carboxylic acids is 2. The quantitative estimate of drug-likeness (QED) is 0.785. The number of hydrogen-bond donors (Lipinski definition) is 2. The molecule has 0 saturated heterocycles. The Morgan fingerprint density at radius 2 is 2.12 bits per heavy atom. The van der Waals surface area contributed by atoms with Crippen LogP contribution >= 0.6 is 0 Å². The zero-order valence-electron chi connectivity index (χ0n) is 14.1. The van der Waals surface area contributed by atoms with Gasteiger partial charge in [0.25, 0.3) is 0 Å². The van der Waals surface area contributed by atoms with Crippen molar-refractivity contribution in [3.05, 3.63) is 41.7 Å². The lowest BCUT2D eigenvalue weighted by molar-refractivity contribution is -0.136. The molecule has 132 valence electrons. The number of nitrogens with one attached hydrogen (secondary N) is 2. The summed E-state index contributed by atoms with van der Waals surface area (Å²) in [6, 6.07) is 7.42. The molecule has 0 bridgehead atoms. The standard InChI is InChI=1S/C17H20N4O4/c1-21(2)13(11-3-4-14-12(9-11)5-7-24-14)10-18-16(22)17(23)19-15-6-8-25-20-15/h3-4,6,8-9,13H,5,7,10H2,1-2H3,(H,18,22)(H,19,20,23)/t13-/m1/s1. The molecule has 2 aromatic rings. The van der Waals surface area contributed by atoms with Gasteiger partial charge in [-0.05, 0) is 31.3 Å². The molecule has 8 heteroatoms. The molecule has 1 atom stereocenters. The van der Waals surface area contributed by atoms with E-state index in [2.05, 4.69) is 26.4 Å². The van der Waals surface area contributed by atoms with Crippen LogP contribution in [0.1, 0.15) is 17.2 Å². The van der Waals surface area contributed by atoms with E-state index in [-0.39, 0.29) is 11.9 Å². The van der Waals surface area contributed by atoms with Crippen LogP contribution in [0.2, 0.25) is 0 Å². The van der Waals surface area contributed by atoms with E-state index in [0.717, 1.165) is 17.7 Å². The summed E-state index contributed by atoms with van der Waals surface area (Å²) in [5.74, 6) is -0.395. The Morgan fingerprint density at radius 3 is 2.84 bits per heavy atom. The van der Waals surface area contributed by atoms with Crippen molar-refractivity contribution in [1.82, 2.24) is 15.4 Å². The minimum absolute atomic E-state index is 0.0605. The highest BCUT2D eigenvalue weighted by atomic mass is 16.5. The molecule has 0 radical (unpaired) electrons. The fourth-order valence-electron chi connectivity index (χ4n) is 2.73. The van der Waals surface area contributed by atoms with E-state index < -0.39 is 11.8 Å². The number of nitrogens with zero attached hydrogens (tertiary/aromatic N) is 2. The van der Waals surface area contributed by atoms with Crippen molar-refractivity contribution in [3.8, 4) is 5.75 Å². The molecule has 0 aliphatic carbocycles. The van der Waals surface area contributed by atoms with E-state index in [1.54, 1.807) is 0 Å².